The molecule has 0 atom stereocenters. The maximum atomic E-state index is 10.8. The molecule has 68 valence electrons. The highest BCUT2D eigenvalue weighted by Gasteiger charge is 2.16. The second-order valence-corrected chi connectivity index (χ2v) is 4.07. The summed E-state index contributed by atoms with van der Waals surface area (Å²) in [6.07, 6.45) is 1.30. The summed E-state index contributed by atoms with van der Waals surface area (Å²) in [6.45, 7) is 2.37. The SMILES string of the molecule is CCn1cc(S(N)(=O)=O)c(Cl)n1. The third-order valence-corrected chi connectivity index (χ3v) is 2.62. The zero-order chi connectivity index (χ0) is 9.35. The van der Waals surface area contributed by atoms with Gasteiger partial charge in [-0.1, -0.05) is 11.6 Å². The normalized spacial score (nSPS) is 11.9. The maximum absolute atomic E-state index is 10.8. The van der Waals surface area contributed by atoms with Gasteiger partial charge < -0.3 is 0 Å². The molecule has 7 heteroatoms. The van der Waals surface area contributed by atoms with E-state index in [1.54, 1.807) is 0 Å². The molecule has 1 aromatic rings. The molecular formula is C5H8ClN3O2S. The van der Waals surface area contributed by atoms with Crippen molar-refractivity contribution in [1.82, 2.24) is 9.78 Å². The monoisotopic (exact) mass is 209 g/mol. The Morgan fingerprint density at radius 1 is 1.75 bits per heavy atom. The molecular weight excluding hydrogens is 202 g/mol. The second kappa shape index (κ2) is 3.04. The van der Waals surface area contributed by atoms with E-state index in [0.717, 1.165) is 0 Å². The first kappa shape index (κ1) is 9.50. The number of primary sulfonamides is 1. The minimum absolute atomic E-state index is 0.0839. The number of aromatic nitrogens is 2. The molecule has 0 saturated heterocycles. The molecule has 0 bridgehead atoms. The van der Waals surface area contributed by atoms with E-state index < -0.39 is 10.0 Å². The van der Waals surface area contributed by atoms with Gasteiger partial charge in [-0.3, -0.25) is 4.68 Å². The topological polar surface area (TPSA) is 78.0 Å². The van der Waals surface area contributed by atoms with E-state index in [0.29, 0.717) is 6.54 Å². The average Bonchev–Trinajstić information content (AvgIpc) is 2.29. The Kier molecular flexibility index (Phi) is 2.41. The number of aryl methyl sites for hydroxylation is 1. The first-order valence-corrected chi connectivity index (χ1v) is 5.13. The summed E-state index contributed by atoms with van der Waals surface area (Å²) in [5.74, 6) is 0. The van der Waals surface area contributed by atoms with Crippen molar-refractivity contribution in [3.8, 4) is 0 Å². The van der Waals surface area contributed by atoms with Gasteiger partial charge in [-0.05, 0) is 6.92 Å². The Hall–Kier alpha value is -0.590. The van der Waals surface area contributed by atoms with Crippen molar-refractivity contribution in [2.24, 2.45) is 5.14 Å². The van der Waals surface area contributed by atoms with Crippen LogP contribution in [0.15, 0.2) is 11.1 Å². The predicted molar refractivity (Wildman–Crippen MR) is 44.3 cm³/mol. The van der Waals surface area contributed by atoms with E-state index in [-0.39, 0.29) is 10.0 Å². The fourth-order valence-corrected chi connectivity index (χ4v) is 1.75. The van der Waals surface area contributed by atoms with Gasteiger partial charge in [-0.2, -0.15) is 5.10 Å². The molecule has 1 aromatic heterocycles. The van der Waals surface area contributed by atoms with Crippen LogP contribution in [-0.2, 0) is 16.6 Å². The number of nitrogens with zero attached hydrogens (tertiary/aromatic N) is 2. The summed E-state index contributed by atoms with van der Waals surface area (Å²) in [4.78, 5) is -0.133. The van der Waals surface area contributed by atoms with Crippen molar-refractivity contribution < 1.29 is 8.42 Å². The van der Waals surface area contributed by atoms with Crippen molar-refractivity contribution >= 4 is 21.6 Å². The molecule has 0 aliphatic heterocycles. The third-order valence-electron chi connectivity index (χ3n) is 1.32. The third kappa shape index (κ3) is 1.77. The molecule has 0 radical (unpaired) electrons. The number of nitrogens with two attached hydrogens (primary N) is 1. The molecule has 0 aromatic carbocycles. The number of rotatable bonds is 2. The van der Waals surface area contributed by atoms with E-state index in [4.69, 9.17) is 16.7 Å². The summed E-state index contributed by atoms with van der Waals surface area (Å²) in [7, 11) is -3.74. The molecule has 0 unspecified atom stereocenters. The minimum Gasteiger partial charge on any atom is -0.270 e. The number of halogens is 1. The highest BCUT2D eigenvalue weighted by atomic mass is 35.5. The molecule has 0 amide bonds. The van der Waals surface area contributed by atoms with E-state index in [1.807, 2.05) is 6.92 Å². The van der Waals surface area contributed by atoms with Gasteiger partial charge in [0.25, 0.3) is 0 Å². The Balaban J connectivity index is 3.27. The van der Waals surface area contributed by atoms with Crippen LogP contribution in [0.5, 0.6) is 0 Å². The zero-order valence-corrected chi connectivity index (χ0v) is 7.93. The molecule has 0 fully saturated rings. The molecule has 0 aliphatic rings. The van der Waals surface area contributed by atoms with Crippen LogP contribution in [0.1, 0.15) is 6.92 Å². The van der Waals surface area contributed by atoms with Crippen LogP contribution in [0.25, 0.3) is 0 Å². The predicted octanol–water partition coefficient (Wildman–Crippen LogP) is 0.204. The summed E-state index contributed by atoms with van der Waals surface area (Å²) in [5.41, 5.74) is 0. The molecule has 1 rings (SSSR count). The smallest absolute Gasteiger partial charge is 0.242 e. The Morgan fingerprint density at radius 2 is 2.33 bits per heavy atom. The van der Waals surface area contributed by atoms with Crippen LogP contribution in [0.3, 0.4) is 0 Å². The van der Waals surface area contributed by atoms with Crippen LogP contribution in [-0.4, -0.2) is 18.2 Å². The summed E-state index contributed by atoms with van der Waals surface area (Å²) in [6, 6.07) is 0. The Morgan fingerprint density at radius 3 is 2.58 bits per heavy atom. The summed E-state index contributed by atoms with van der Waals surface area (Å²) >= 11 is 5.52. The first-order chi connectivity index (χ1) is 5.45. The summed E-state index contributed by atoms with van der Waals surface area (Å²) < 4.78 is 23.1. The largest absolute Gasteiger partial charge is 0.270 e. The van der Waals surface area contributed by atoms with Gasteiger partial charge in [0.2, 0.25) is 10.0 Å². The molecule has 12 heavy (non-hydrogen) atoms. The first-order valence-electron chi connectivity index (χ1n) is 3.21. The van der Waals surface area contributed by atoms with Gasteiger partial charge in [0, 0.05) is 12.7 Å². The minimum atomic E-state index is -3.74. The number of hydrogen-bond donors (Lipinski definition) is 1. The Labute approximate surface area is 75.2 Å². The van der Waals surface area contributed by atoms with Crippen LogP contribution in [0.4, 0.5) is 0 Å². The number of sulfonamides is 1. The molecule has 1 heterocycles. The molecule has 0 spiro atoms. The van der Waals surface area contributed by atoms with Crippen molar-refractivity contribution in [3.63, 3.8) is 0 Å². The van der Waals surface area contributed by atoms with E-state index in [2.05, 4.69) is 5.10 Å². The lowest BCUT2D eigenvalue weighted by molar-refractivity contribution is 0.597. The van der Waals surface area contributed by atoms with Gasteiger partial charge in [0.05, 0.1) is 0 Å². The lowest BCUT2D eigenvalue weighted by Gasteiger charge is -1.90. The van der Waals surface area contributed by atoms with Gasteiger partial charge in [-0.25, -0.2) is 13.6 Å². The standard InChI is InChI=1S/C5H8ClN3O2S/c1-2-9-3-4(5(6)8-9)12(7,10)11/h3H,2H2,1H3,(H2,7,10,11). The van der Waals surface area contributed by atoms with E-state index in [1.165, 1.54) is 10.9 Å². The highest BCUT2D eigenvalue weighted by Crippen LogP contribution is 2.17. The van der Waals surface area contributed by atoms with Crippen LogP contribution < -0.4 is 5.14 Å². The van der Waals surface area contributed by atoms with Crippen LogP contribution >= 0.6 is 11.6 Å². The highest BCUT2D eigenvalue weighted by molar-refractivity contribution is 7.89. The molecule has 5 nitrogen and oxygen atoms in total. The average molecular weight is 210 g/mol. The summed E-state index contributed by atoms with van der Waals surface area (Å²) in [5, 5.41) is 8.49. The fourth-order valence-electron chi connectivity index (χ4n) is 0.732. The van der Waals surface area contributed by atoms with Crippen molar-refractivity contribution in [2.45, 2.75) is 18.4 Å². The fraction of sp³-hybridized carbons (Fsp3) is 0.400. The van der Waals surface area contributed by atoms with Gasteiger partial charge in [0.15, 0.2) is 5.15 Å². The van der Waals surface area contributed by atoms with Crippen LogP contribution in [0.2, 0.25) is 5.15 Å². The Bertz CT molecular complexity index is 383. The zero-order valence-electron chi connectivity index (χ0n) is 6.36. The van der Waals surface area contributed by atoms with Gasteiger partial charge >= 0.3 is 0 Å². The lowest BCUT2D eigenvalue weighted by atomic mass is 10.7. The second-order valence-electron chi connectivity index (χ2n) is 2.18. The number of hydrogen-bond acceptors (Lipinski definition) is 3. The van der Waals surface area contributed by atoms with E-state index >= 15 is 0 Å². The molecule has 0 saturated carbocycles. The molecule has 2 N–H and O–H groups in total. The van der Waals surface area contributed by atoms with Crippen LogP contribution in [0, 0.1) is 0 Å². The van der Waals surface area contributed by atoms with Gasteiger partial charge in [0.1, 0.15) is 4.90 Å². The quantitative estimate of drug-likeness (QED) is 0.756. The van der Waals surface area contributed by atoms with Crippen molar-refractivity contribution in [1.29, 1.82) is 0 Å². The lowest BCUT2D eigenvalue weighted by Crippen LogP contribution is -2.11. The molecule has 0 aliphatic carbocycles. The van der Waals surface area contributed by atoms with Gasteiger partial charge in [-0.15, -0.1) is 0 Å². The van der Waals surface area contributed by atoms with Crippen molar-refractivity contribution in [2.75, 3.05) is 0 Å². The van der Waals surface area contributed by atoms with Crippen molar-refractivity contribution in [3.05, 3.63) is 11.3 Å². The van der Waals surface area contributed by atoms with E-state index in [9.17, 15) is 8.42 Å². The maximum Gasteiger partial charge on any atom is 0.242 e.